The minimum absolute atomic E-state index is 0.0637. The lowest BCUT2D eigenvalue weighted by atomic mass is 10.3. The van der Waals surface area contributed by atoms with E-state index in [4.69, 9.17) is 0 Å². The molecule has 0 fully saturated rings. The molecular formula is C13H15BrN4O. The number of anilines is 1. The van der Waals surface area contributed by atoms with E-state index in [1.807, 2.05) is 37.5 Å². The summed E-state index contributed by atoms with van der Waals surface area (Å²) in [7, 11) is 1.86. The fraction of sp³-hybridized carbons (Fsp3) is 0.231. The minimum Gasteiger partial charge on any atom is -0.325 e. The Hall–Kier alpha value is -1.66. The average Bonchev–Trinajstić information content (AvgIpc) is 2.78. The van der Waals surface area contributed by atoms with Crippen LogP contribution >= 0.6 is 15.9 Å². The standard InChI is InChI=1S/C13H15BrN4O/c1-18-9-10(7-16-18)6-15-8-13(19)17-12-4-2-11(14)3-5-12/h2-5,7,9,15H,6,8H2,1H3,(H,17,19). The first-order chi connectivity index (χ1) is 9.13. The number of carbonyl (C=O) groups is 1. The summed E-state index contributed by atoms with van der Waals surface area (Å²) in [4.78, 5) is 11.7. The summed E-state index contributed by atoms with van der Waals surface area (Å²) in [5.41, 5.74) is 1.84. The Labute approximate surface area is 120 Å². The number of nitrogens with one attached hydrogen (secondary N) is 2. The largest absolute Gasteiger partial charge is 0.325 e. The van der Waals surface area contributed by atoms with E-state index in [1.54, 1.807) is 10.9 Å². The maximum Gasteiger partial charge on any atom is 0.238 e. The highest BCUT2D eigenvalue weighted by atomic mass is 79.9. The fourth-order valence-corrected chi connectivity index (χ4v) is 1.89. The average molecular weight is 323 g/mol. The first kappa shape index (κ1) is 13.8. The molecular weight excluding hydrogens is 308 g/mol. The highest BCUT2D eigenvalue weighted by Crippen LogP contribution is 2.13. The molecule has 1 heterocycles. The Morgan fingerprint density at radius 2 is 2.11 bits per heavy atom. The van der Waals surface area contributed by atoms with Crippen molar-refractivity contribution in [3.8, 4) is 0 Å². The number of benzene rings is 1. The van der Waals surface area contributed by atoms with Gasteiger partial charge in [-0.2, -0.15) is 5.10 Å². The summed E-state index contributed by atoms with van der Waals surface area (Å²) in [5.74, 6) is -0.0637. The third-order valence-corrected chi connectivity index (χ3v) is 3.03. The van der Waals surface area contributed by atoms with E-state index in [1.165, 1.54) is 0 Å². The van der Waals surface area contributed by atoms with Crippen LogP contribution in [-0.2, 0) is 18.4 Å². The highest BCUT2D eigenvalue weighted by molar-refractivity contribution is 9.10. The van der Waals surface area contributed by atoms with E-state index < -0.39 is 0 Å². The zero-order valence-electron chi connectivity index (χ0n) is 10.6. The molecule has 0 bridgehead atoms. The summed E-state index contributed by atoms with van der Waals surface area (Å²) in [6.07, 6.45) is 3.69. The number of amides is 1. The Balaban J connectivity index is 1.74. The predicted octanol–water partition coefficient (Wildman–Crippen LogP) is 1.91. The molecule has 2 rings (SSSR count). The molecule has 0 spiro atoms. The molecule has 0 unspecified atom stereocenters. The van der Waals surface area contributed by atoms with E-state index in [0.29, 0.717) is 6.54 Å². The summed E-state index contributed by atoms with van der Waals surface area (Å²) in [5, 5.41) is 9.95. The SMILES string of the molecule is Cn1cc(CNCC(=O)Nc2ccc(Br)cc2)cn1. The second-order valence-corrected chi connectivity index (χ2v) is 5.10. The highest BCUT2D eigenvalue weighted by Gasteiger charge is 2.02. The quantitative estimate of drug-likeness (QED) is 0.884. The van der Waals surface area contributed by atoms with E-state index in [9.17, 15) is 4.79 Å². The van der Waals surface area contributed by atoms with Gasteiger partial charge in [-0.05, 0) is 24.3 Å². The first-order valence-electron chi connectivity index (χ1n) is 5.87. The number of carbonyl (C=O) groups excluding carboxylic acids is 1. The van der Waals surface area contributed by atoms with Gasteiger partial charge in [0, 0.05) is 35.5 Å². The predicted molar refractivity (Wildman–Crippen MR) is 77.7 cm³/mol. The number of halogens is 1. The monoisotopic (exact) mass is 322 g/mol. The number of hydrogen-bond acceptors (Lipinski definition) is 3. The van der Waals surface area contributed by atoms with Gasteiger partial charge < -0.3 is 10.6 Å². The third kappa shape index (κ3) is 4.50. The van der Waals surface area contributed by atoms with Gasteiger partial charge in [0.15, 0.2) is 0 Å². The van der Waals surface area contributed by atoms with Crippen LogP contribution in [0.25, 0.3) is 0 Å². The summed E-state index contributed by atoms with van der Waals surface area (Å²) < 4.78 is 2.72. The van der Waals surface area contributed by atoms with Crippen LogP contribution in [0.1, 0.15) is 5.56 Å². The van der Waals surface area contributed by atoms with Crippen LogP contribution in [0.15, 0.2) is 41.1 Å². The number of aromatic nitrogens is 2. The van der Waals surface area contributed by atoms with Crippen molar-refractivity contribution in [2.45, 2.75) is 6.54 Å². The van der Waals surface area contributed by atoms with Gasteiger partial charge in [-0.15, -0.1) is 0 Å². The number of hydrogen-bond donors (Lipinski definition) is 2. The maximum atomic E-state index is 11.7. The van der Waals surface area contributed by atoms with Gasteiger partial charge in [0.25, 0.3) is 0 Å². The van der Waals surface area contributed by atoms with Crippen LogP contribution in [-0.4, -0.2) is 22.2 Å². The Morgan fingerprint density at radius 1 is 1.37 bits per heavy atom. The lowest BCUT2D eigenvalue weighted by Gasteiger charge is -2.06. The molecule has 0 aliphatic carbocycles. The Morgan fingerprint density at radius 3 is 2.74 bits per heavy atom. The summed E-state index contributed by atoms with van der Waals surface area (Å²) >= 11 is 3.35. The van der Waals surface area contributed by atoms with Crippen molar-refractivity contribution in [3.63, 3.8) is 0 Å². The molecule has 1 amide bonds. The topological polar surface area (TPSA) is 59.0 Å². The third-order valence-electron chi connectivity index (χ3n) is 2.50. The molecule has 5 nitrogen and oxygen atoms in total. The molecule has 1 aromatic carbocycles. The van der Waals surface area contributed by atoms with Crippen molar-refractivity contribution in [2.75, 3.05) is 11.9 Å². The van der Waals surface area contributed by atoms with Gasteiger partial charge >= 0.3 is 0 Å². The van der Waals surface area contributed by atoms with Crippen LogP contribution in [0.2, 0.25) is 0 Å². The smallest absolute Gasteiger partial charge is 0.238 e. The molecule has 100 valence electrons. The normalized spacial score (nSPS) is 10.4. The van der Waals surface area contributed by atoms with Crippen LogP contribution < -0.4 is 10.6 Å². The van der Waals surface area contributed by atoms with Crippen molar-refractivity contribution in [1.82, 2.24) is 15.1 Å². The number of nitrogens with zero attached hydrogens (tertiary/aromatic N) is 2. The molecule has 0 radical (unpaired) electrons. The van der Waals surface area contributed by atoms with Gasteiger partial charge in [0.05, 0.1) is 12.7 Å². The molecule has 6 heteroatoms. The van der Waals surface area contributed by atoms with E-state index in [-0.39, 0.29) is 12.5 Å². The molecule has 2 N–H and O–H groups in total. The van der Waals surface area contributed by atoms with Gasteiger partial charge in [-0.1, -0.05) is 15.9 Å². The van der Waals surface area contributed by atoms with E-state index >= 15 is 0 Å². The van der Waals surface area contributed by atoms with Crippen molar-refractivity contribution in [1.29, 1.82) is 0 Å². The van der Waals surface area contributed by atoms with Gasteiger partial charge in [-0.25, -0.2) is 0 Å². The van der Waals surface area contributed by atoms with Crippen molar-refractivity contribution in [2.24, 2.45) is 7.05 Å². The molecule has 2 aromatic rings. The molecule has 0 aliphatic heterocycles. The van der Waals surface area contributed by atoms with Crippen molar-refractivity contribution < 1.29 is 4.79 Å². The number of aryl methyl sites for hydroxylation is 1. The second kappa shape index (κ2) is 6.49. The Kier molecular flexibility index (Phi) is 4.70. The van der Waals surface area contributed by atoms with Crippen LogP contribution in [0, 0.1) is 0 Å². The summed E-state index contributed by atoms with van der Waals surface area (Å²) in [6.45, 7) is 0.895. The zero-order valence-corrected chi connectivity index (χ0v) is 12.1. The minimum atomic E-state index is -0.0637. The maximum absolute atomic E-state index is 11.7. The van der Waals surface area contributed by atoms with E-state index in [2.05, 4.69) is 31.7 Å². The van der Waals surface area contributed by atoms with Crippen LogP contribution in [0.3, 0.4) is 0 Å². The molecule has 19 heavy (non-hydrogen) atoms. The van der Waals surface area contributed by atoms with Crippen LogP contribution in [0.4, 0.5) is 5.69 Å². The first-order valence-corrected chi connectivity index (χ1v) is 6.66. The van der Waals surface area contributed by atoms with Gasteiger partial charge in [0.1, 0.15) is 0 Å². The van der Waals surface area contributed by atoms with E-state index in [0.717, 1.165) is 15.7 Å². The molecule has 1 aromatic heterocycles. The lowest BCUT2D eigenvalue weighted by molar-refractivity contribution is -0.115. The lowest BCUT2D eigenvalue weighted by Crippen LogP contribution is -2.27. The molecule has 0 atom stereocenters. The molecule has 0 aliphatic rings. The Bertz CT molecular complexity index is 550. The van der Waals surface area contributed by atoms with Crippen LogP contribution in [0.5, 0.6) is 0 Å². The van der Waals surface area contributed by atoms with Gasteiger partial charge in [-0.3, -0.25) is 9.48 Å². The van der Waals surface area contributed by atoms with Crippen molar-refractivity contribution in [3.05, 3.63) is 46.7 Å². The van der Waals surface area contributed by atoms with Crippen molar-refractivity contribution >= 4 is 27.5 Å². The molecule has 0 saturated heterocycles. The number of rotatable bonds is 5. The fourth-order valence-electron chi connectivity index (χ4n) is 1.62. The molecule has 0 saturated carbocycles. The zero-order chi connectivity index (χ0) is 13.7. The summed E-state index contributed by atoms with van der Waals surface area (Å²) in [6, 6.07) is 7.48. The van der Waals surface area contributed by atoms with Gasteiger partial charge in [0.2, 0.25) is 5.91 Å². The second-order valence-electron chi connectivity index (χ2n) is 4.18.